The molecule has 0 aliphatic heterocycles. The predicted molar refractivity (Wildman–Crippen MR) is 278 cm³/mol. The molecule has 28 aromatic rings. The summed E-state index contributed by atoms with van der Waals surface area (Å²) in [4.78, 5) is 0. The molecular formula is C65H8O. The molecule has 66 heavy (non-hydrogen) atoms. The number of hydrogen-bond acceptors (Lipinski definition) is 1. The first-order valence-corrected chi connectivity index (χ1v) is 24.9. The standard InChI is InChI=1S/C65H8O/c1-4-2-64-60-52-44-34-24-16-8-6-7-10-14-12(8)20-28-22(14)32-26-18(10)19-11(7)15-13-9(6)17(16)25-31-21(13)29-23(15)33-27(19)37-36(26)46-40(32)50-42(28)48(38(44)30(20)24)54(60)58(50)62-56(46)57-47(37)41(33)51-43(29)49-39(31)45(35(25)34)53(52)61(64)55(49)59(51)63(57)65(62,64)3-5(4)66/h2,5,66H,3H2,1H3. The maximum Gasteiger partial charge on any atom is 0.0760 e. The van der Waals surface area contributed by atoms with Gasteiger partial charge in [0.1, 0.15) is 0 Å². The van der Waals surface area contributed by atoms with E-state index in [-0.39, 0.29) is 5.41 Å². The van der Waals surface area contributed by atoms with Crippen LogP contribution in [0, 0.1) is 0 Å². The zero-order valence-electron chi connectivity index (χ0n) is 33.8. The summed E-state index contributed by atoms with van der Waals surface area (Å²) < 4.78 is 0. The Hall–Kier alpha value is -7.84. The van der Waals surface area contributed by atoms with Gasteiger partial charge in [0.2, 0.25) is 0 Å². The zero-order chi connectivity index (χ0) is 39.1. The largest absolute Gasteiger partial charge is 0.389 e. The lowest BCUT2D eigenvalue weighted by Crippen LogP contribution is -2.55. The van der Waals surface area contributed by atoms with Crippen molar-refractivity contribution in [3.05, 3.63) is 33.9 Å². The van der Waals surface area contributed by atoms with Crippen LogP contribution in [-0.2, 0) is 10.8 Å². The van der Waals surface area contributed by atoms with Gasteiger partial charge in [-0.05, 0) is 332 Å². The highest BCUT2D eigenvalue weighted by atomic mass is 16.3. The van der Waals surface area contributed by atoms with E-state index < -0.39 is 11.5 Å². The average molecular weight is 805 g/mol. The lowest BCUT2D eigenvalue weighted by Gasteiger charge is -2.56. The van der Waals surface area contributed by atoms with Crippen LogP contribution >= 0.6 is 0 Å². The van der Waals surface area contributed by atoms with E-state index in [1.165, 1.54) is 5.57 Å². The van der Waals surface area contributed by atoms with Crippen molar-refractivity contribution in [3.8, 4) is 0 Å². The van der Waals surface area contributed by atoms with Crippen molar-refractivity contribution >= 4 is 291 Å². The Morgan fingerprint density at radius 1 is 0.258 bits per heavy atom. The fourth-order valence-corrected chi connectivity index (χ4v) is 25.0. The first kappa shape index (κ1) is 23.9. The van der Waals surface area contributed by atoms with E-state index >= 15 is 0 Å². The molecule has 1 heteroatoms. The van der Waals surface area contributed by atoms with Gasteiger partial charge < -0.3 is 5.11 Å². The van der Waals surface area contributed by atoms with E-state index in [1.807, 2.05) is 0 Å². The summed E-state index contributed by atoms with van der Waals surface area (Å²) in [5, 5.41) is 101. The van der Waals surface area contributed by atoms with E-state index in [0.717, 1.165) is 6.42 Å². The molecule has 0 saturated carbocycles. The minimum absolute atomic E-state index is 0.387. The van der Waals surface area contributed by atoms with Gasteiger partial charge in [0, 0.05) is 5.41 Å². The Morgan fingerprint density at radius 2 is 0.409 bits per heavy atom. The van der Waals surface area contributed by atoms with E-state index in [4.69, 9.17) is 0 Å². The zero-order valence-corrected chi connectivity index (χ0v) is 33.8. The highest BCUT2D eigenvalue weighted by Crippen LogP contribution is 2.85. The number of aliphatic hydroxyl groups is 1. The second-order valence-electron chi connectivity index (χ2n) is 25.1. The summed E-state index contributed by atoms with van der Waals surface area (Å²) in [6.45, 7) is 2.31. The van der Waals surface area contributed by atoms with Crippen molar-refractivity contribution in [3.63, 3.8) is 0 Å². The number of hydrogen-bond donors (Lipinski definition) is 1. The molecule has 28 aromatic carbocycles. The molecule has 1 nitrogen and oxygen atoms in total. The second kappa shape index (κ2) is 5.20. The van der Waals surface area contributed by atoms with Crippen LogP contribution in [-0.4, -0.2) is 11.2 Å². The van der Waals surface area contributed by atoms with Crippen molar-refractivity contribution < 1.29 is 5.11 Å². The first-order valence-electron chi connectivity index (χ1n) is 24.9. The molecular weight excluding hydrogens is 797 g/mol. The molecule has 1 N–H and O–H groups in total. The van der Waals surface area contributed by atoms with Crippen molar-refractivity contribution in [1.29, 1.82) is 0 Å². The molecule has 0 fully saturated rings. The molecule has 1 unspecified atom stereocenters. The molecule has 5 aliphatic rings. The quantitative estimate of drug-likeness (QED) is 0.120. The average Bonchev–Trinajstić information content (AvgIpc) is 4.17. The van der Waals surface area contributed by atoms with Gasteiger partial charge >= 0.3 is 0 Å². The minimum Gasteiger partial charge on any atom is -0.389 e. The highest BCUT2D eigenvalue weighted by Gasteiger charge is 2.70. The van der Waals surface area contributed by atoms with Gasteiger partial charge in [-0.2, -0.15) is 0 Å². The maximum absolute atomic E-state index is 13.0. The lowest BCUT2D eigenvalue weighted by atomic mass is 9.45. The molecule has 0 amide bonds. The number of aliphatic hydroxyl groups excluding tert-OH is 1. The fraction of sp³-hybridized carbons (Fsp3) is 0.0769. The van der Waals surface area contributed by atoms with E-state index in [1.54, 1.807) is 313 Å². The van der Waals surface area contributed by atoms with E-state index in [9.17, 15) is 5.11 Å². The van der Waals surface area contributed by atoms with Crippen LogP contribution in [0.2, 0.25) is 0 Å². The molecule has 0 aromatic heterocycles. The maximum atomic E-state index is 13.0. The van der Waals surface area contributed by atoms with Crippen LogP contribution in [0.15, 0.2) is 11.6 Å². The smallest absolute Gasteiger partial charge is 0.0760 e. The molecule has 0 saturated heterocycles. The van der Waals surface area contributed by atoms with E-state index in [2.05, 4.69) is 13.0 Å². The van der Waals surface area contributed by atoms with Gasteiger partial charge in [-0.25, -0.2) is 0 Å². The van der Waals surface area contributed by atoms with Gasteiger partial charge in [0.25, 0.3) is 0 Å². The van der Waals surface area contributed by atoms with Gasteiger partial charge in [-0.15, -0.1) is 0 Å². The predicted octanol–water partition coefficient (Wildman–Crippen LogP) is 17.0. The van der Waals surface area contributed by atoms with Crippen LogP contribution in [0.4, 0.5) is 0 Å². The summed E-state index contributed by atoms with van der Waals surface area (Å²) in [5.41, 5.74) is 7.06. The Labute approximate surface area is 358 Å². The van der Waals surface area contributed by atoms with Crippen molar-refractivity contribution in [2.24, 2.45) is 0 Å². The number of benzene rings is 18. The number of rotatable bonds is 0. The number of allylic oxidation sites excluding steroid dienone is 1. The molecule has 1 atom stereocenters. The van der Waals surface area contributed by atoms with Gasteiger partial charge in [-0.1, -0.05) is 6.08 Å². The summed E-state index contributed by atoms with van der Waals surface area (Å²) >= 11 is 0. The lowest BCUT2D eigenvalue weighted by molar-refractivity contribution is 0.143. The normalized spacial score (nSPS) is 24.5. The topological polar surface area (TPSA) is 20.2 Å². The Kier molecular flexibility index (Phi) is 1.88. The van der Waals surface area contributed by atoms with Crippen molar-refractivity contribution in [2.75, 3.05) is 0 Å². The molecule has 2 spiro atoms. The second-order valence-corrected chi connectivity index (χ2v) is 25.1. The third-order valence-corrected chi connectivity index (χ3v) is 25.0. The van der Waals surface area contributed by atoms with Gasteiger partial charge in [0.15, 0.2) is 0 Å². The van der Waals surface area contributed by atoms with Crippen molar-refractivity contribution in [1.82, 2.24) is 0 Å². The van der Waals surface area contributed by atoms with Crippen molar-refractivity contribution in [2.45, 2.75) is 30.3 Å². The van der Waals surface area contributed by atoms with E-state index in [0.29, 0.717) is 0 Å². The van der Waals surface area contributed by atoms with Gasteiger partial charge in [0.05, 0.1) is 11.5 Å². The molecule has 0 heterocycles. The summed E-state index contributed by atoms with van der Waals surface area (Å²) in [6.07, 6.45) is 3.06. The minimum atomic E-state index is -0.486. The molecule has 33 rings (SSSR count). The highest BCUT2D eigenvalue weighted by molar-refractivity contribution is 6.82. The molecule has 274 valence electrons. The Balaban J connectivity index is 1.27. The molecule has 0 radical (unpaired) electrons. The summed E-state index contributed by atoms with van der Waals surface area (Å²) in [5.74, 6) is 0. The monoisotopic (exact) mass is 804 g/mol. The SMILES string of the molecule is CC1=CC23c4c5c6c7c8c9c(c%10c%11c2c2c4c4c%12c5c5c6c6c8c8c%13c9c9c%10c%10c%11c%11c2c2c4c4c%12c%12c5c5c6c8c6c8c%13c9c9c%10c%10c%11c2c2c4c4c%12c5c6c5c8c9c%10c2c45)C73CC1O. The fourth-order valence-electron chi connectivity index (χ4n) is 25.0. The van der Waals surface area contributed by atoms with Crippen LogP contribution < -0.4 is 0 Å². The third kappa shape index (κ3) is 1.19. The molecule has 0 bridgehead atoms. The summed E-state index contributed by atoms with van der Waals surface area (Å²) in [7, 11) is 0. The summed E-state index contributed by atoms with van der Waals surface area (Å²) in [6, 6.07) is 0. The van der Waals surface area contributed by atoms with Crippen LogP contribution in [0.25, 0.3) is 291 Å². The Bertz CT molecular complexity index is 6910. The Morgan fingerprint density at radius 3 is 0.591 bits per heavy atom. The van der Waals surface area contributed by atoms with Gasteiger partial charge in [-0.3, -0.25) is 0 Å². The first-order chi connectivity index (χ1) is 32.7. The van der Waals surface area contributed by atoms with Crippen LogP contribution in [0.3, 0.4) is 0 Å². The third-order valence-electron chi connectivity index (χ3n) is 25.0. The molecule has 5 aliphatic carbocycles. The van der Waals surface area contributed by atoms with Crippen LogP contribution in [0.1, 0.15) is 35.6 Å². The van der Waals surface area contributed by atoms with Crippen LogP contribution in [0.5, 0.6) is 0 Å².